The molecule has 0 aliphatic heterocycles. The fourth-order valence-corrected chi connectivity index (χ4v) is 3.40. The average molecular weight is 418 g/mol. The van der Waals surface area contributed by atoms with Crippen LogP contribution in [0.4, 0.5) is 5.69 Å². The lowest BCUT2D eigenvalue weighted by molar-refractivity contribution is -0.116. The number of hydrogen-bond acceptors (Lipinski definition) is 6. The zero-order chi connectivity index (χ0) is 20.8. The van der Waals surface area contributed by atoms with Crippen LogP contribution >= 0.6 is 11.3 Å². The normalized spacial score (nSPS) is 11.1. The summed E-state index contributed by atoms with van der Waals surface area (Å²) in [7, 11) is 0. The number of amides is 1. The molecule has 0 unspecified atom stereocenters. The summed E-state index contributed by atoms with van der Waals surface area (Å²) < 4.78 is 6.32. The van der Waals surface area contributed by atoms with Crippen molar-refractivity contribution in [1.82, 2.24) is 14.8 Å². The molecule has 1 aromatic carbocycles. The van der Waals surface area contributed by atoms with Crippen molar-refractivity contribution >= 4 is 35.1 Å². The first-order chi connectivity index (χ1) is 14.7. The minimum Gasteiger partial charge on any atom is -0.387 e. The van der Waals surface area contributed by atoms with Gasteiger partial charge >= 0.3 is 5.76 Å². The predicted octanol–water partition coefficient (Wildman–Crippen LogP) is 4.16. The number of hydrogen-bond donors (Lipinski definition) is 1. The molecule has 0 spiro atoms. The van der Waals surface area contributed by atoms with Crippen molar-refractivity contribution in [2.24, 2.45) is 0 Å². The van der Waals surface area contributed by atoms with Crippen molar-refractivity contribution in [3.05, 3.63) is 88.0 Å². The van der Waals surface area contributed by atoms with Crippen LogP contribution in [0.15, 0.2) is 75.4 Å². The molecule has 0 fully saturated rings. The maximum absolute atomic E-state index is 12.3. The molecule has 4 aromatic rings. The Labute approximate surface area is 176 Å². The fourth-order valence-electron chi connectivity index (χ4n) is 2.75. The highest BCUT2D eigenvalue weighted by atomic mass is 32.1. The van der Waals surface area contributed by atoms with Crippen LogP contribution < -0.4 is 11.1 Å². The van der Waals surface area contributed by atoms with Crippen LogP contribution in [0.5, 0.6) is 0 Å². The lowest BCUT2D eigenvalue weighted by atomic mass is 10.1. The van der Waals surface area contributed by atoms with Gasteiger partial charge in [-0.25, -0.2) is 4.79 Å². The van der Waals surface area contributed by atoms with Crippen molar-refractivity contribution in [1.29, 1.82) is 0 Å². The Balaban J connectivity index is 1.35. The van der Waals surface area contributed by atoms with Gasteiger partial charge in [-0.15, -0.1) is 16.4 Å². The smallest absolute Gasteiger partial charge is 0.387 e. The van der Waals surface area contributed by atoms with Crippen LogP contribution in [0.2, 0.25) is 0 Å². The molecule has 8 heteroatoms. The first kappa shape index (κ1) is 19.5. The van der Waals surface area contributed by atoms with E-state index in [1.54, 1.807) is 6.20 Å². The van der Waals surface area contributed by atoms with E-state index in [2.05, 4.69) is 15.4 Å². The van der Waals surface area contributed by atoms with Gasteiger partial charge in [0.15, 0.2) is 0 Å². The summed E-state index contributed by atoms with van der Waals surface area (Å²) in [5, 5.41) is 8.87. The number of aryl methyl sites for hydroxylation is 1. The van der Waals surface area contributed by atoms with Gasteiger partial charge in [0.25, 0.3) is 5.89 Å². The maximum Gasteiger partial charge on any atom is 0.437 e. The van der Waals surface area contributed by atoms with Gasteiger partial charge in [0.2, 0.25) is 5.91 Å². The van der Waals surface area contributed by atoms with Crippen molar-refractivity contribution in [3.8, 4) is 10.8 Å². The largest absolute Gasteiger partial charge is 0.437 e. The van der Waals surface area contributed by atoms with Gasteiger partial charge in [0.1, 0.15) is 0 Å². The summed E-state index contributed by atoms with van der Waals surface area (Å²) >= 11 is 1.43. The molecular weight excluding hydrogens is 400 g/mol. The van der Waals surface area contributed by atoms with E-state index in [0.717, 1.165) is 16.1 Å². The SMILES string of the molecule is O=C(CCn1nc(-c2cccs2)oc1=O)Nc1cccc(/C=C/c2ccccn2)c1. The summed E-state index contributed by atoms with van der Waals surface area (Å²) in [6, 6.07) is 16.9. The van der Waals surface area contributed by atoms with Gasteiger partial charge < -0.3 is 9.73 Å². The molecule has 3 aromatic heterocycles. The number of rotatable bonds is 7. The third-order valence-corrected chi connectivity index (χ3v) is 5.05. The molecule has 30 heavy (non-hydrogen) atoms. The highest BCUT2D eigenvalue weighted by Crippen LogP contribution is 2.21. The Morgan fingerprint density at radius 1 is 1.13 bits per heavy atom. The third-order valence-electron chi connectivity index (χ3n) is 4.19. The quantitative estimate of drug-likeness (QED) is 0.487. The second-order valence-corrected chi connectivity index (χ2v) is 7.33. The number of anilines is 1. The van der Waals surface area contributed by atoms with Crippen LogP contribution in [0, 0.1) is 0 Å². The molecule has 4 rings (SSSR count). The number of benzene rings is 1. The van der Waals surface area contributed by atoms with Gasteiger partial charge in [-0.3, -0.25) is 9.78 Å². The van der Waals surface area contributed by atoms with Crippen LogP contribution in [-0.4, -0.2) is 20.7 Å². The average Bonchev–Trinajstić information content (AvgIpc) is 3.42. The number of carbonyl (C=O) groups is 1. The summed E-state index contributed by atoms with van der Waals surface area (Å²) in [4.78, 5) is 29.3. The fraction of sp³-hybridized carbons (Fsp3) is 0.0909. The molecule has 3 heterocycles. The second kappa shape index (κ2) is 9.15. The first-order valence-corrected chi connectivity index (χ1v) is 10.2. The number of thiophene rings is 1. The number of pyridine rings is 1. The highest BCUT2D eigenvalue weighted by molar-refractivity contribution is 7.13. The van der Waals surface area contributed by atoms with Gasteiger partial charge in [0, 0.05) is 18.3 Å². The molecule has 7 nitrogen and oxygen atoms in total. The van der Waals surface area contributed by atoms with Crippen LogP contribution in [-0.2, 0) is 11.3 Å². The Kier molecular flexibility index (Phi) is 5.95. The van der Waals surface area contributed by atoms with E-state index in [-0.39, 0.29) is 24.8 Å². The molecule has 1 amide bonds. The molecule has 0 aliphatic carbocycles. The zero-order valence-electron chi connectivity index (χ0n) is 15.9. The Hall–Kier alpha value is -3.78. The number of nitrogens with zero attached hydrogens (tertiary/aromatic N) is 3. The zero-order valence-corrected chi connectivity index (χ0v) is 16.7. The summed E-state index contributed by atoms with van der Waals surface area (Å²) in [5.74, 6) is -0.524. The maximum atomic E-state index is 12.3. The molecule has 1 N–H and O–H groups in total. The van der Waals surface area contributed by atoms with Gasteiger partial charge in [-0.1, -0.05) is 30.3 Å². The van der Waals surface area contributed by atoms with E-state index >= 15 is 0 Å². The van der Waals surface area contributed by atoms with Gasteiger partial charge in [-0.2, -0.15) is 4.68 Å². The topological polar surface area (TPSA) is 90.0 Å². The molecule has 0 bridgehead atoms. The van der Waals surface area contributed by atoms with E-state index in [9.17, 15) is 9.59 Å². The minimum absolute atomic E-state index is 0.102. The lowest BCUT2D eigenvalue weighted by Gasteiger charge is -2.06. The van der Waals surface area contributed by atoms with E-state index in [1.165, 1.54) is 16.0 Å². The van der Waals surface area contributed by atoms with E-state index < -0.39 is 5.76 Å². The third kappa shape index (κ3) is 4.98. The van der Waals surface area contributed by atoms with Crippen LogP contribution in [0.25, 0.3) is 22.9 Å². The predicted molar refractivity (Wildman–Crippen MR) is 117 cm³/mol. The molecule has 0 atom stereocenters. The number of carbonyl (C=O) groups excluding carboxylic acids is 1. The summed E-state index contributed by atoms with van der Waals surface area (Å²) in [6.07, 6.45) is 5.67. The van der Waals surface area contributed by atoms with Crippen molar-refractivity contribution in [2.45, 2.75) is 13.0 Å². The first-order valence-electron chi connectivity index (χ1n) is 9.28. The molecule has 0 saturated carbocycles. The minimum atomic E-state index is -0.576. The molecular formula is C22H18N4O3S. The van der Waals surface area contributed by atoms with Crippen molar-refractivity contribution < 1.29 is 9.21 Å². The monoisotopic (exact) mass is 418 g/mol. The second-order valence-electron chi connectivity index (χ2n) is 6.39. The Morgan fingerprint density at radius 2 is 2.07 bits per heavy atom. The molecule has 0 saturated heterocycles. The Morgan fingerprint density at radius 3 is 2.87 bits per heavy atom. The lowest BCUT2D eigenvalue weighted by Crippen LogP contribution is -2.20. The Bertz CT molecular complexity index is 1210. The van der Waals surface area contributed by atoms with Gasteiger partial charge in [0.05, 0.1) is 17.1 Å². The van der Waals surface area contributed by atoms with E-state index in [4.69, 9.17) is 4.42 Å². The van der Waals surface area contributed by atoms with Crippen LogP contribution in [0.3, 0.4) is 0 Å². The van der Waals surface area contributed by atoms with E-state index in [0.29, 0.717) is 5.69 Å². The molecule has 0 radical (unpaired) electrons. The van der Waals surface area contributed by atoms with Crippen LogP contribution in [0.1, 0.15) is 17.7 Å². The highest BCUT2D eigenvalue weighted by Gasteiger charge is 2.12. The van der Waals surface area contributed by atoms with Gasteiger partial charge in [-0.05, 0) is 47.4 Å². The molecule has 0 aliphatic rings. The van der Waals surface area contributed by atoms with Crippen molar-refractivity contribution in [2.75, 3.05) is 5.32 Å². The van der Waals surface area contributed by atoms with Crippen molar-refractivity contribution in [3.63, 3.8) is 0 Å². The van der Waals surface area contributed by atoms with E-state index in [1.807, 2.05) is 72.1 Å². The standard InChI is InChI=1S/C22H18N4O3S/c27-20(11-13-26-22(28)29-21(25-26)19-8-4-14-30-19)24-18-7-3-5-16(15-18)9-10-17-6-1-2-12-23-17/h1-10,12,14-15H,11,13H2,(H,24,27)/b10-9+. The number of aromatic nitrogens is 3. The number of nitrogens with one attached hydrogen (secondary N) is 1. The summed E-state index contributed by atoms with van der Waals surface area (Å²) in [5.41, 5.74) is 2.47. The summed E-state index contributed by atoms with van der Waals surface area (Å²) in [6.45, 7) is 0.138. The molecule has 150 valence electrons.